The van der Waals surface area contributed by atoms with E-state index in [2.05, 4.69) is 4.98 Å². The molecule has 0 radical (unpaired) electrons. The van der Waals surface area contributed by atoms with Crippen molar-refractivity contribution in [2.75, 3.05) is 14.1 Å². The van der Waals surface area contributed by atoms with Crippen molar-refractivity contribution >= 4 is 5.78 Å². The lowest BCUT2D eigenvalue weighted by Gasteiger charge is -2.46. The van der Waals surface area contributed by atoms with Crippen LogP contribution in [0.15, 0.2) is 29.2 Å². The van der Waals surface area contributed by atoms with Crippen LogP contribution in [0.5, 0.6) is 0 Å². The van der Waals surface area contributed by atoms with Crippen molar-refractivity contribution in [3.63, 3.8) is 0 Å². The molecule has 3 rings (SSSR count). The molecule has 2 aliphatic rings. The van der Waals surface area contributed by atoms with E-state index < -0.39 is 36.5 Å². The average Bonchev–Trinajstić information content (AvgIpc) is 2.77. The van der Waals surface area contributed by atoms with Crippen LogP contribution < -0.4 is 5.69 Å². The van der Waals surface area contributed by atoms with Crippen molar-refractivity contribution in [3.05, 3.63) is 40.6 Å². The maximum atomic E-state index is 12.6. The van der Waals surface area contributed by atoms with E-state index >= 15 is 0 Å². The van der Waals surface area contributed by atoms with Crippen LogP contribution in [-0.2, 0) is 25.4 Å². The summed E-state index contributed by atoms with van der Waals surface area (Å²) in [7, 11) is 3.65. The first-order chi connectivity index (χ1) is 16.5. The maximum Gasteiger partial charge on any atom is 0.349 e. The van der Waals surface area contributed by atoms with Gasteiger partial charge in [0.2, 0.25) is 0 Å². The summed E-state index contributed by atoms with van der Waals surface area (Å²) in [5.41, 5.74) is -0.0562. The van der Waals surface area contributed by atoms with Crippen LogP contribution in [0.3, 0.4) is 0 Å². The van der Waals surface area contributed by atoms with E-state index in [1.54, 1.807) is 12.3 Å². The average molecular weight is 494 g/mol. The third-order valence-electron chi connectivity index (χ3n) is 6.53. The second-order valence-corrected chi connectivity index (χ2v) is 10.0. The number of allylic oxidation sites excluding steroid dienone is 2. The molecule has 10 nitrogen and oxygen atoms in total. The molecule has 3 heterocycles. The van der Waals surface area contributed by atoms with E-state index in [0.29, 0.717) is 18.5 Å². The first kappa shape index (κ1) is 27.6. The fraction of sp³-hybridized carbons (Fsp3) is 0.720. The van der Waals surface area contributed by atoms with E-state index in [9.17, 15) is 19.8 Å². The molecule has 0 aliphatic carbocycles. The molecular weight excluding hydrogens is 454 g/mol. The van der Waals surface area contributed by atoms with Crippen LogP contribution in [0.2, 0.25) is 0 Å². The predicted octanol–water partition coefficient (Wildman–Crippen LogP) is 1.05. The van der Waals surface area contributed by atoms with Gasteiger partial charge in [-0.1, -0.05) is 19.9 Å². The topological polar surface area (TPSA) is 123 Å². The van der Waals surface area contributed by atoms with Gasteiger partial charge in [-0.2, -0.15) is 4.98 Å². The number of aliphatic hydroxyl groups is 2. The molecule has 2 saturated heterocycles. The number of carbonyl (C=O) groups is 1. The SMILES string of the molecule is CC(C)/C=C/C(=O)Cc1ccn(C2CCC(OC3OC(C)C(N(C)C)C(O)C3O)C(C)O2)c(=O)n1. The zero-order valence-electron chi connectivity index (χ0n) is 21.4. The van der Waals surface area contributed by atoms with Gasteiger partial charge >= 0.3 is 5.69 Å². The lowest BCUT2D eigenvalue weighted by atomic mass is 9.96. The Morgan fingerprint density at radius 3 is 2.54 bits per heavy atom. The minimum Gasteiger partial charge on any atom is -0.388 e. The number of ether oxygens (including phenoxy) is 3. The number of ketones is 1. The van der Waals surface area contributed by atoms with Crippen molar-refractivity contribution in [2.45, 2.75) is 96.0 Å². The van der Waals surface area contributed by atoms with Crippen LogP contribution >= 0.6 is 0 Å². The minimum absolute atomic E-state index is 0.0693. The second-order valence-electron chi connectivity index (χ2n) is 10.0. The monoisotopic (exact) mass is 493 g/mol. The standard InChI is InChI=1S/C25H39N3O7/c1-14(2)7-8-18(29)13-17-11-12-28(25(32)26-17)20-10-9-19(15(3)33-20)35-24-23(31)22(30)21(27(5)6)16(4)34-24/h7-8,11-12,14-16,19-24,30-31H,9-10,13H2,1-6H3/b8-7+. The third-order valence-corrected chi connectivity index (χ3v) is 6.53. The Labute approximate surface area is 206 Å². The van der Waals surface area contributed by atoms with Crippen molar-refractivity contribution < 1.29 is 29.2 Å². The third kappa shape index (κ3) is 6.84. The van der Waals surface area contributed by atoms with Crippen molar-refractivity contribution in [1.29, 1.82) is 0 Å². The number of hydrogen-bond donors (Lipinski definition) is 2. The molecule has 196 valence electrons. The molecule has 2 aliphatic heterocycles. The molecule has 0 saturated carbocycles. The zero-order valence-corrected chi connectivity index (χ0v) is 21.4. The smallest absolute Gasteiger partial charge is 0.349 e. The highest BCUT2D eigenvalue weighted by molar-refractivity contribution is 5.91. The van der Waals surface area contributed by atoms with Crippen molar-refractivity contribution in [1.82, 2.24) is 14.5 Å². The molecule has 2 N–H and O–H groups in total. The number of hydrogen-bond acceptors (Lipinski definition) is 9. The number of nitrogens with zero attached hydrogens (tertiary/aromatic N) is 3. The number of likely N-dealkylation sites (N-methyl/N-ethyl adjacent to an activating group) is 1. The van der Waals surface area contributed by atoms with Crippen LogP contribution in [0.25, 0.3) is 0 Å². The predicted molar refractivity (Wildman–Crippen MR) is 129 cm³/mol. The highest BCUT2D eigenvalue weighted by atomic mass is 16.7. The molecule has 1 aromatic rings. The number of aromatic nitrogens is 2. The zero-order chi connectivity index (χ0) is 25.9. The molecule has 0 bridgehead atoms. The highest BCUT2D eigenvalue weighted by Gasteiger charge is 2.46. The molecule has 2 fully saturated rings. The Kier molecular flexibility index (Phi) is 9.36. The van der Waals surface area contributed by atoms with Gasteiger partial charge < -0.3 is 29.3 Å². The van der Waals surface area contributed by atoms with Gasteiger partial charge in [0, 0.05) is 6.20 Å². The van der Waals surface area contributed by atoms with Gasteiger partial charge in [0.05, 0.1) is 36.5 Å². The van der Waals surface area contributed by atoms with Gasteiger partial charge in [0.1, 0.15) is 18.4 Å². The van der Waals surface area contributed by atoms with Gasteiger partial charge in [-0.25, -0.2) is 4.79 Å². The van der Waals surface area contributed by atoms with E-state index in [-0.39, 0.29) is 36.4 Å². The highest BCUT2D eigenvalue weighted by Crippen LogP contribution is 2.32. The van der Waals surface area contributed by atoms with Gasteiger partial charge in [0.15, 0.2) is 12.1 Å². The Morgan fingerprint density at radius 1 is 1.23 bits per heavy atom. The molecule has 8 atom stereocenters. The van der Waals surface area contributed by atoms with Gasteiger partial charge in [0.25, 0.3) is 0 Å². The summed E-state index contributed by atoms with van der Waals surface area (Å²) in [5.74, 6) is 0.170. The van der Waals surface area contributed by atoms with E-state index in [1.807, 2.05) is 52.8 Å². The maximum absolute atomic E-state index is 12.6. The number of carbonyl (C=O) groups excluding carboxylic acids is 1. The number of aliphatic hydroxyl groups excluding tert-OH is 2. The summed E-state index contributed by atoms with van der Waals surface area (Å²) >= 11 is 0. The largest absolute Gasteiger partial charge is 0.388 e. The lowest BCUT2D eigenvalue weighted by Crippen LogP contribution is -2.62. The second kappa shape index (κ2) is 11.9. The summed E-state index contributed by atoms with van der Waals surface area (Å²) in [6.45, 7) is 7.64. The minimum atomic E-state index is -1.19. The summed E-state index contributed by atoms with van der Waals surface area (Å²) in [4.78, 5) is 30.5. The lowest BCUT2D eigenvalue weighted by molar-refractivity contribution is -0.310. The van der Waals surface area contributed by atoms with Crippen LogP contribution in [0, 0.1) is 5.92 Å². The van der Waals surface area contributed by atoms with Crippen LogP contribution in [-0.4, -0.2) is 87.4 Å². The van der Waals surface area contributed by atoms with Crippen LogP contribution in [0.4, 0.5) is 0 Å². The van der Waals surface area contributed by atoms with Crippen molar-refractivity contribution in [3.8, 4) is 0 Å². The first-order valence-corrected chi connectivity index (χ1v) is 12.3. The molecule has 0 aromatic carbocycles. The normalized spacial score (nSPS) is 34.1. The summed E-state index contributed by atoms with van der Waals surface area (Å²) in [6, 6.07) is 1.31. The van der Waals surface area contributed by atoms with E-state index in [0.717, 1.165) is 0 Å². The van der Waals surface area contributed by atoms with Gasteiger partial charge in [-0.15, -0.1) is 0 Å². The molecule has 10 heteroatoms. The Bertz CT molecular complexity index is 947. The molecule has 0 amide bonds. The van der Waals surface area contributed by atoms with E-state index in [4.69, 9.17) is 14.2 Å². The molecule has 8 unspecified atom stereocenters. The summed E-state index contributed by atoms with van der Waals surface area (Å²) < 4.78 is 19.4. The Hall–Kier alpha value is -1.95. The summed E-state index contributed by atoms with van der Waals surface area (Å²) in [5, 5.41) is 21.1. The molecule has 1 aromatic heterocycles. The number of rotatable bonds is 8. The Morgan fingerprint density at radius 2 is 1.94 bits per heavy atom. The molecule has 0 spiro atoms. The first-order valence-electron chi connectivity index (χ1n) is 12.3. The molecular formula is C25H39N3O7. The quantitative estimate of drug-likeness (QED) is 0.512. The van der Waals surface area contributed by atoms with Gasteiger partial charge in [-0.05, 0) is 58.8 Å². The summed E-state index contributed by atoms with van der Waals surface area (Å²) in [6.07, 6.45) is 1.27. The van der Waals surface area contributed by atoms with Crippen LogP contribution in [0.1, 0.15) is 52.5 Å². The van der Waals surface area contributed by atoms with E-state index in [1.165, 1.54) is 10.6 Å². The molecule has 35 heavy (non-hydrogen) atoms. The Balaban J connectivity index is 1.59. The fourth-order valence-corrected chi connectivity index (χ4v) is 4.65. The van der Waals surface area contributed by atoms with Crippen molar-refractivity contribution in [2.24, 2.45) is 5.92 Å². The fourth-order valence-electron chi connectivity index (χ4n) is 4.65. The van der Waals surface area contributed by atoms with Gasteiger partial charge in [-0.3, -0.25) is 9.36 Å².